The maximum absolute atomic E-state index is 13.8. The quantitative estimate of drug-likeness (QED) is 0.496. The van der Waals surface area contributed by atoms with Gasteiger partial charge in [0.15, 0.2) is 5.16 Å². The number of aromatic nitrogens is 2. The van der Waals surface area contributed by atoms with Crippen molar-refractivity contribution in [3.05, 3.63) is 70.0 Å². The van der Waals surface area contributed by atoms with Gasteiger partial charge in [0.1, 0.15) is 11.6 Å². The Bertz CT molecular complexity index is 959. The van der Waals surface area contributed by atoms with Gasteiger partial charge in [0.25, 0.3) is 5.56 Å². The van der Waals surface area contributed by atoms with Crippen LogP contribution in [0.25, 0.3) is 10.9 Å². The van der Waals surface area contributed by atoms with Crippen LogP contribution >= 0.6 is 11.8 Å². The minimum absolute atomic E-state index is 0.168. The topological polar surface area (TPSA) is 44.1 Å². The standard InChI is InChI=1S/C18H16F2N2O2S/c1-24-9-8-22-17(23)14-4-2-3-5-16(14)21-18(22)25-11-12-10-13(19)6-7-15(12)20/h2-7,10H,8-9,11H2,1H3. The van der Waals surface area contributed by atoms with Crippen LogP contribution < -0.4 is 5.56 Å². The largest absolute Gasteiger partial charge is 0.383 e. The summed E-state index contributed by atoms with van der Waals surface area (Å²) in [7, 11) is 1.55. The van der Waals surface area contributed by atoms with Gasteiger partial charge in [0, 0.05) is 18.4 Å². The molecule has 0 N–H and O–H groups in total. The molecule has 3 aromatic rings. The number of rotatable bonds is 6. The lowest BCUT2D eigenvalue weighted by molar-refractivity contribution is 0.183. The van der Waals surface area contributed by atoms with Crippen molar-refractivity contribution in [3.8, 4) is 0 Å². The van der Waals surface area contributed by atoms with Crippen LogP contribution in [0.2, 0.25) is 0 Å². The number of nitrogens with zero attached hydrogens (tertiary/aromatic N) is 2. The molecule has 25 heavy (non-hydrogen) atoms. The van der Waals surface area contributed by atoms with Crippen molar-refractivity contribution in [3.63, 3.8) is 0 Å². The second kappa shape index (κ2) is 7.76. The molecule has 2 aromatic carbocycles. The lowest BCUT2D eigenvalue weighted by Gasteiger charge is -2.13. The van der Waals surface area contributed by atoms with Crippen LogP contribution in [0, 0.1) is 11.6 Å². The fourth-order valence-electron chi connectivity index (χ4n) is 2.43. The molecule has 0 amide bonds. The lowest BCUT2D eigenvalue weighted by atomic mass is 10.2. The summed E-state index contributed by atoms with van der Waals surface area (Å²) in [5.41, 5.74) is 0.624. The number of methoxy groups -OCH3 is 1. The zero-order valence-corrected chi connectivity index (χ0v) is 14.4. The Kier molecular flexibility index (Phi) is 5.45. The number of hydrogen-bond donors (Lipinski definition) is 0. The molecule has 130 valence electrons. The van der Waals surface area contributed by atoms with Crippen LogP contribution in [0.4, 0.5) is 8.78 Å². The Morgan fingerprint density at radius 1 is 1.20 bits per heavy atom. The molecule has 0 aliphatic heterocycles. The SMILES string of the molecule is COCCn1c(SCc2cc(F)ccc2F)nc2ccccc2c1=O. The monoisotopic (exact) mass is 362 g/mol. The first kappa shape index (κ1) is 17.6. The van der Waals surface area contributed by atoms with Gasteiger partial charge in [-0.25, -0.2) is 13.8 Å². The number of para-hydroxylation sites is 1. The highest BCUT2D eigenvalue weighted by atomic mass is 32.2. The van der Waals surface area contributed by atoms with Crippen molar-refractivity contribution in [1.29, 1.82) is 0 Å². The summed E-state index contributed by atoms with van der Waals surface area (Å²) >= 11 is 1.19. The molecule has 0 aliphatic rings. The first-order valence-electron chi connectivity index (χ1n) is 7.65. The van der Waals surface area contributed by atoms with Crippen LogP contribution in [0.5, 0.6) is 0 Å². The predicted molar refractivity (Wildman–Crippen MR) is 93.8 cm³/mol. The molecule has 0 radical (unpaired) electrons. The molecule has 0 bridgehead atoms. The van der Waals surface area contributed by atoms with Crippen LogP contribution in [0.3, 0.4) is 0 Å². The van der Waals surface area contributed by atoms with E-state index in [1.807, 2.05) is 0 Å². The highest BCUT2D eigenvalue weighted by Gasteiger charge is 2.13. The van der Waals surface area contributed by atoms with Crippen LogP contribution in [0.1, 0.15) is 5.56 Å². The van der Waals surface area contributed by atoms with E-state index >= 15 is 0 Å². The zero-order valence-electron chi connectivity index (χ0n) is 13.5. The molecule has 0 aliphatic carbocycles. The lowest BCUT2D eigenvalue weighted by Crippen LogP contribution is -2.25. The van der Waals surface area contributed by atoms with E-state index in [9.17, 15) is 13.6 Å². The van der Waals surface area contributed by atoms with Crippen molar-refractivity contribution in [2.45, 2.75) is 17.5 Å². The van der Waals surface area contributed by atoms with E-state index in [-0.39, 0.29) is 16.9 Å². The van der Waals surface area contributed by atoms with Gasteiger partial charge < -0.3 is 4.74 Å². The maximum Gasteiger partial charge on any atom is 0.262 e. The fraction of sp³-hybridized carbons (Fsp3) is 0.222. The molecule has 3 rings (SSSR count). The minimum atomic E-state index is -0.500. The molecule has 7 heteroatoms. The van der Waals surface area contributed by atoms with Crippen molar-refractivity contribution >= 4 is 22.7 Å². The number of benzene rings is 2. The molecule has 1 heterocycles. The van der Waals surface area contributed by atoms with Crippen LogP contribution in [0.15, 0.2) is 52.4 Å². The van der Waals surface area contributed by atoms with Crippen LogP contribution in [-0.2, 0) is 17.0 Å². The fourth-order valence-corrected chi connectivity index (χ4v) is 3.43. The number of halogens is 2. The molecule has 0 unspecified atom stereocenters. The number of thioether (sulfide) groups is 1. The van der Waals surface area contributed by atoms with Gasteiger partial charge in [-0.05, 0) is 30.3 Å². The minimum Gasteiger partial charge on any atom is -0.383 e. The molecule has 0 spiro atoms. The summed E-state index contributed by atoms with van der Waals surface area (Å²) < 4.78 is 33.7. The second-order valence-electron chi connectivity index (χ2n) is 5.39. The Labute approximate surface area is 147 Å². The van der Waals surface area contributed by atoms with E-state index < -0.39 is 11.6 Å². The summed E-state index contributed by atoms with van der Waals surface area (Å²) in [4.78, 5) is 17.2. The van der Waals surface area contributed by atoms with Crippen molar-refractivity contribution in [2.75, 3.05) is 13.7 Å². The van der Waals surface area contributed by atoms with Gasteiger partial charge in [-0.3, -0.25) is 9.36 Å². The molecule has 0 saturated carbocycles. The first-order chi connectivity index (χ1) is 12.1. The highest BCUT2D eigenvalue weighted by molar-refractivity contribution is 7.98. The van der Waals surface area contributed by atoms with E-state index in [0.717, 1.165) is 18.2 Å². The average Bonchev–Trinajstić information content (AvgIpc) is 2.62. The maximum atomic E-state index is 13.8. The first-order valence-corrected chi connectivity index (χ1v) is 8.64. The van der Waals surface area contributed by atoms with Gasteiger partial charge in [0.05, 0.1) is 24.1 Å². The van der Waals surface area contributed by atoms with Gasteiger partial charge in [-0.15, -0.1) is 0 Å². The highest BCUT2D eigenvalue weighted by Crippen LogP contribution is 2.24. The molecule has 0 saturated heterocycles. The van der Waals surface area contributed by atoms with E-state index in [0.29, 0.717) is 29.2 Å². The van der Waals surface area contributed by atoms with Gasteiger partial charge in [-0.1, -0.05) is 23.9 Å². The number of hydrogen-bond acceptors (Lipinski definition) is 4. The van der Waals surface area contributed by atoms with E-state index in [2.05, 4.69) is 4.98 Å². The summed E-state index contributed by atoms with van der Waals surface area (Å²) in [6.07, 6.45) is 0. The van der Waals surface area contributed by atoms with Gasteiger partial charge >= 0.3 is 0 Å². The Morgan fingerprint density at radius 3 is 2.80 bits per heavy atom. The van der Waals surface area contributed by atoms with E-state index in [4.69, 9.17) is 4.74 Å². The molecule has 4 nitrogen and oxygen atoms in total. The summed E-state index contributed by atoms with van der Waals surface area (Å²) in [6.45, 7) is 0.683. The number of ether oxygens (including phenoxy) is 1. The van der Waals surface area contributed by atoms with Crippen molar-refractivity contribution in [1.82, 2.24) is 9.55 Å². The second-order valence-corrected chi connectivity index (χ2v) is 6.33. The Hall–Kier alpha value is -2.25. The molecule has 1 aromatic heterocycles. The third kappa shape index (κ3) is 3.88. The summed E-state index contributed by atoms with van der Waals surface area (Å²) in [5, 5.41) is 0.962. The van der Waals surface area contributed by atoms with Gasteiger partial charge in [0.2, 0.25) is 0 Å². The van der Waals surface area contributed by atoms with E-state index in [1.165, 1.54) is 16.3 Å². The van der Waals surface area contributed by atoms with Crippen LogP contribution in [-0.4, -0.2) is 23.3 Å². The molecular weight excluding hydrogens is 346 g/mol. The Morgan fingerprint density at radius 2 is 2.00 bits per heavy atom. The third-order valence-corrected chi connectivity index (χ3v) is 4.74. The summed E-state index contributed by atoms with van der Waals surface area (Å²) in [6, 6.07) is 10.4. The molecule has 0 fully saturated rings. The summed E-state index contributed by atoms with van der Waals surface area (Å²) in [5.74, 6) is -0.817. The third-order valence-electron chi connectivity index (χ3n) is 3.71. The number of fused-ring (bicyclic) bond motifs is 1. The smallest absolute Gasteiger partial charge is 0.262 e. The normalized spacial score (nSPS) is 11.2. The molecular formula is C18H16F2N2O2S. The Balaban J connectivity index is 1.98. The average molecular weight is 362 g/mol. The zero-order chi connectivity index (χ0) is 17.8. The van der Waals surface area contributed by atoms with E-state index in [1.54, 1.807) is 31.4 Å². The predicted octanol–water partition coefficient (Wildman–Crippen LogP) is 3.61. The molecule has 0 atom stereocenters. The van der Waals surface area contributed by atoms with Crippen molar-refractivity contribution < 1.29 is 13.5 Å². The van der Waals surface area contributed by atoms with Crippen molar-refractivity contribution in [2.24, 2.45) is 0 Å². The van der Waals surface area contributed by atoms with Gasteiger partial charge in [-0.2, -0.15) is 0 Å².